The van der Waals surface area contributed by atoms with Crippen LogP contribution in [0.1, 0.15) is 35.0 Å². The highest BCUT2D eigenvalue weighted by molar-refractivity contribution is 6.06. The third kappa shape index (κ3) is 2.98. The minimum Gasteiger partial charge on any atom is -0.481 e. The molecule has 0 saturated carbocycles. The zero-order chi connectivity index (χ0) is 16.4. The Hall–Kier alpha value is -2.96. The van der Waals surface area contributed by atoms with Crippen molar-refractivity contribution in [2.45, 2.75) is 19.9 Å². The van der Waals surface area contributed by atoms with Gasteiger partial charge in [0.25, 0.3) is 5.91 Å². The smallest absolute Gasteiger partial charge is 0.252 e. The number of benzene rings is 1. The average molecular weight is 311 g/mol. The predicted molar refractivity (Wildman–Crippen MR) is 85.3 cm³/mol. The molecular weight excluding hydrogens is 294 g/mol. The second-order valence-electron chi connectivity index (χ2n) is 5.20. The lowest BCUT2D eigenvalue weighted by atomic mass is 10.1. The van der Waals surface area contributed by atoms with Gasteiger partial charge in [0, 0.05) is 11.5 Å². The molecule has 7 heteroatoms. The first-order valence-corrected chi connectivity index (χ1v) is 7.22. The first-order valence-electron chi connectivity index (χ1n) is 7.22. The van der Waals surface area contributed by atoms with Crippen LogP contribution in [0.15, 0.2) is 30.3 Å². The molecule has 2 N–H and O–H groups in total. The summed E-state index contributed by atoms with van der Waals surface area (Å²) in [6.07, 6.45) is 0. The van der Waals surface area contributed by atoms with E-state index in [-0.39, 0.29) is 11.9 Å². The molecule has 0 aliphatic heterocycles. The molecule has 23 heavy (non-hydrogen) atoms. The lowest BCUT2D eigenvalue weighted by Gasteiger charge is -2.13. The number of carbonyl (C=O) groups excluding carboxylic acids is 1. The summed E-state index contributed by atoms with van der Waals surface area (Å²) >= 11 is 0. The van der Waals surface area contributed by atoms with Crippen LogP contribution >= 0.6 is 0 Å². The number of fused-ring (bicyclic) bond motifs is 1. The van der Waals surface area contributed by atoms with Gasteiger partial charge in [-0.25, -0.2) is 9.97 Å². The van der Waals surface area contributed by atoms with Crippen LogP contribution < -0.4 is 10.1 Å². The maximum absolute atomic E-state index is 12.7. The van der Waals surface area contributed by atoms with Gasteiger partial charge in [-0.3, -0.25) is 9.89 Å². The molecule has 0 spiro atoms. The second kappa shape index (κ2) is 6.04. The summed E-state index contributed by atoms with van der Waals surface area (Å²) in [5, 5.41) is 10.5. The summed E-state index contributed by atoms with van der Waals surface area (Å²) in [5.41, 5.74) is 1.21. The van der Waals surface area contributed by atoms with E-state index in [1.54, 1.807) is 6.07 Å². The van der Waals surface area contributed by atoms with Crippen molar-refractivity contribution in [2.75, 3.05) is 7.11 Å². The van der Waals surface area contributed by atoms with Crippen molar-refractivity contribution in [2.24, 2.45) is 0 Å². The Balaban J connectivity index is 1.94. The van der Waals surface area contributed by atoms with Crippen molar-refractivity contribution < 1.29 is 9.53 Å². The van der Waals surface area contributed by atoms with E-state index in [1.165, 1.54) is 7.11 Å². The highest BCUT2D eigenvalue weighted by atomic mass is 16.5. The lowest BCUT2D eigenvalue weighted by molar-refractivity contribution is 0.0939. The van der Waals surface area contributed by atoms with E-state index >= 15 is 0 Å². The van der Waals surface area contributed by atoms with Crippen LogP contribution in [0.3, 0.4) is 0 Å². The van der Waals surface area contributed by atoms with Gasteiger partial charge >= 0.3 is 0 Å². The minimum absolute atomic E-state index is 0.225. The number of nitrogens with zero attached hydrogens (tertiary/aromatic N) is 3. The highest BCUT2D eigenvalue weighted by Gasteiger charge is 2.18. The van der Waals surface area contributed by atoms with E-state index in [1.807, 2.05) is 38.1 Å². The number of ether oxygens (including phenoxy) is 1. The summed E-state index contributed by atoms with van der Waals surface area (Å²) in [5.74, 6) is 1.42. The van der Waals surface area contributed by atoms with Gasteiger partial charge in [0.2, 0.25) is 5.88 Å². The minimum atomic E-state index is -0.314. The number of para-hydroxylation sites is 1. The van der Waals surface area contributed by atoms with Crippen LogP contribution in [0.2, 0.25) is 0 Å². The molecule has 3 aromatic rings. The van der Waals surface area contributed by atoms with Gasteiger partial charge in [0.05, 0.1) is 24.2 Å². The number of H-pyrrole nitrogens is 1. The van der Waals surface area contributed by atoms with Crippen LogP contribution in [0, 0.1) is 6.92 Å². The van der Waals surface area contributed by atoms with E-state index in [2.05, 4.69) is 25.5 Å². The quantitative estimate of drug-likeness (QED) is 0.770. The lowest BCUT2D eigenvalue weighted by Crippen LogP contribution is -2.27. The van der Waals surface area contributed by atoms with Gasteiger partial charge in [-0.15, -0.1) is 0 Å². The van der Waals surface area contributed by atoms with Crippen LogP contribution in [-0.4, -0.2) is 33.2 Å². The molecular formula is C16H17N5O2. The number of aromatic nitrogens is 4. The van der Waals surface area contributed by atoms with Gasteiger partial charge in [0.1, 0.15) is 5.82 Å². The summed E-state index contributed by atoms with van der Waals surface area (Å²) in [6, 6.07) is 8.76. The summed E-state index contributed by atoms with van der Waals surface area (Å²) in [7, 11) is 1.53. The van der Waals surface area contributed by atoms with Gasteiger partial charge in [-0.1, -0.05) is 18.2 Å². The van der Waals surface area contributed by atoms with Gasteiger partial charge in [-0.05, 0) is 19.9 Å². The fourth-order valence-corrected chi connectivity index (χ4v) is 2.34. The SMILES string of the molecule is COc1cc(C(=O)NC(C)c2n[nH]c(C)n2)c2ccccc2n1. The number of aryl methyl sites for hydroxylation is 1. The second-order valence-corrected chi connectivity index (χ2v) is 5.20. The molecule has 3 rings (SSSR count). The number of hydrogen-bond donors (Lipinski definition) is 2. The monoisotopic (exact) mass is 311 g/mol. The van der Waals surface area contributed by atoms with Gasteiger partial charge < -0.3 is 10.1 Å². The average Bonchev–Trinajstić information content (AvgIpc) is 3.00. The van der Waals surface area contributed by atoms with E-state index in [4.69, 9.17) is 4.74 Å². The molecule has 1 aromatic carbocycles. The first-order chi connectivity index (χ1) is 11.1. The van der Waals surface area contributed by atoms with Gasteiger partial charge in [-0.2, -0.15) is 5.10 Å². The normalized spacial score (nSPS) is 12.1. The standard InChI is InChI=1S/C16H17N5O2/c1-9(15-18-10(2)20-21-15)17-16(22)12-8-14(23-3)19-13-7-5-4-6-11(12)13/h4-9H,1-3H3,(H,17,22)(H,18,20,21). The number of amides is 1. The van der Waals surface area contributed by atoms with Crippen molar-refractivity contribution in [1.29, 1.82) is 0 Å². The molecule has 118 valence electrons. The zero-order valence-electron chi connectivity index (χ0n) is 13.1. The van der Waals surface area contributed by atoms with Crippen molar-refractivity contribution in [3.8, 4) is 5.88 Å². The maximum Gasteiger partial charge on any atom is 0.252 e. The Morgan fingerprint density at radius 3 is 2.78 bits per heavy atom. The Morgan fingerprint density at radius 2 is 2.09 bits per heavy atom. The number of aromatic amines is 1. The van der Waals surface area contributed by atoms with E-state index in [0.29, 0.717) is 28.6 Å². The van der Waals surface area contributed by atoms with Gasteiger partial charge in [0.15, 0.2) is 5.82 Å². The van der Waals surface area contributed by atoms with Crippen LogP contribution in [0.4, 0.5) is 0 Å². The number of methoxy groups -OCH3 is 1. The molecule has 0 fully saturated rings. The van der Waals surface area contributed by atoms with Crippen molar-refractivity contribution in [1.82, 2.24) is 25.5 Å². The molecule has 2 heterocycles. The maximum atomic E-state index is 12.7. The molecule has 1 amide bonds. The summed E-state index contributed by atoms with van der Waals surface area (Å²) in [4.78, 5) is 21.2. The van der Waals surface area contributed by atoms with Crippen molar-refractivity contribution >= 4 is 16.8 Å². The molecule has 1 atom stereocenters. The third-order valence-corrected chi connectivity index (χ3v) is 3.50. The van der Waals surface area contributed by atoms with Crippen molar-refractivity contribution in [3.05, 3.63) is 47.5 Å². The van der Waals surface area contributed by atoms with Crippen LogP contribution in [0.5, 0.6) is 5.88 Å². The van der Waals surface area contributed by atoms with Crippen LogP contribution in [-0.2, 0) is 0 Å². The Morgan fingerprint density at radius 1 is 1.30 bits per heavy atom. The molecule has 0 aliphatic rings. The Labute approximate surface area is 133 Å². The molecule has 0 radical (unpaired) electrons. The highest BCUT2D eigenvalue weighted by Crippen LogP contribution is 2.22. The molecule has 0 saturated heterocycles. The number of carbonyl (C=O) groups is 1. The fourth-order valence-electron chi connectivity index (χ4n) is 2.34. The molecule has 0 bridgehead atoms. The molecule has 2 aromatic heterocycles. The molecule has 0 aliphatic carbocycles. The van der Waals surface area contributed by atoms with E-state index in [0.717, 1.165) is 5.39 Å². The number of nitrogens with one attached hydrogen (secondary N) is 2. The number of rotatable bonds is 4. The van der Waals surface area contributed by atoms with Crippen LogP contribution in [0.25, 0.3) is 10.9 Å². The van der Waals surface area contributed by atoms with E-state index in [9.17, 15) is 4.79 Å². The topological polar surface area (TPSA) is 92.8 Å². The Kier molecular flexibility index (Phi) is 3.92. The largest absolute Gasteiger partial charge is 0.481 e. The Bertz CT molecular complexity index is 859. The molecule has 7 nitrogen and oxygen atoms in total. The van der Waals surface area contributed by atoms with Crippen molar-refractivity contribution in [3.63, 3.8) is 0 Å². The number of pyridine rings is 1. The summed E-state index contributed by atoms with van der Waals surface area (Å²) in [6.45, 7) is 3.65. The molecule has 1 unspecified atom stereocenters. The first kappa shape index (κ1) is 15.0. The number of hydrogen-bond acceptors (Lipinski definition) is 5. The zero-order valence-corrected chi connectivity index (χ0v) is 13.1. The summed E-state index contributed by atoms with van der Waals surface area (Å²) < 4.78 is 5.19. The van der Waals surface area contributed by atoms with E-state index < -0.39 is 0 Å². The fraction of sp³-hybridized carbons (Fsp3) is 0.250. The third-order valence-electron chi connectivity index (χ3n) is 3.50. The predicted octanol–water partition coefficient (Wildman–Crippen LogP) is 2.16.